The van der Waals surface area contributed by atoms with Gasteiger partial charge in [0.1, 0.15) is 0 Å². The molecule has 0 aromatic heterocycles. The fourth-order valence-corrected chi connectivity index (χ4v) is 11.3. The van der Waals surface area contributed by atoms with Gasteiger partial charge in [-0.1, -0.05) is 13.8 Å². The third kappa shape index (κ3) is 2.19. The summed E-state index contributed by atoms with van der Waals surface area (Å²) in [6.07, 6.45) is 12.4. The van der Waals surface area contributed by atoms with Crippen LogP contribution in [0.5, 0.6) is 0 Å². The largest absolute Gasteiger partial charge is 0.393 e. The van der Waals surface area contributed by atoms with Gasteiger partial charge in [0.2, 0.25) is 0 Å². The Bertz CT molecular complexity index is 516. The number of hydrogen-bond acceptors (Lipinski definition) is 3. The highest BCUT2D eigenvalue weighted by Gasteiger charge is 2.61. The van der Waals surface area contributed by atoms with Crippen LogP contribution in [-0.4, -0.2) is 26.8 Å². The molecule has 136 valence electrons. The fraction of sp³-hybridized carbons (Fsp3) is 1.00. The van der Waals surface area contributed by atoms with E-state index >= 15 is 0 Å². The number of thioether (sulfide) groups is 2. The Labute approximate surface area is 156 Å². The fourth-order valence-electron chi connectivity index (χ4n) is 7.93. The van der Waals surface area contributed by atoms with Gasteiger partial charge in [-0.2, -0.15) is 0 Å². The lowest BCUT2D eigenvalue weighted by atomic mass is 9.45. The Morgan fingerprint density at radius 2 is 1.54 bits per heavy atom. The second-order valence-electron chi connectivity index (χ2n) is 10.1. The van der Waals surface area contributed by atoms with Crippen LogP contribution in [-0.2, 0) is 0 Å². The van der Waals surface area contributed by atoms with Gasteiger partial charge in [0.05, 0.1) is 10.2 Å². The van der Waals surface area contributed by atoms with E-state index in [0.29, 0.717) is 9.49 Å². The highest BCUT2D eigenvalue weighted by atomic mass is 32.2. The molecule has 1 spiro atoms. The normalized spacial score (nSPS) is 55.9. The van der Waals surface area contributed by atoms with Gasteiger partial charge in [-0.3, -0.25) is 0 Å². The maximum atomic E-state index is 10.6. The maximum Gasteiger partial charge on any atom is 0.0614 e. The number of aliphatic hydroxyl groups is 1. The molecule has 4 saturated carbocycles. The highest BCUT2D eigenvalue weighted by molar-refractivity contribution is 8.21. The Kier molecular flexibility index (Phi) is 3.91. The van der Waals surface area contributed by atoms with Crippen LogP contribution < -0.4 is 0 Å². The molecule has 24 heavy (non-hydrogen) atoms. The van der Waals surface area contributed by atoms with Crippen LogP contribution in [0.1, 0.15) is 71.6 Å². The van der Waals surface area contributed by atoms with Gasteiger partial charge < -0.3 is 5.11 Å². The molecule has 1 N–H and O–H groups in total. The summed E-state index contributed by atoms with van der Waals surface area (Å²) < 4.78 is 0.601. The van der Waals surface area contributed by atoms with Crippen molar-refractivity contribution in [3.05, 3.63) is 0 Å². The van der Waals surface area contributed by atoms with E-state index < -0.39 is 0 Å². The van der Waals surface area contributed by atoms with E-state index in [4.69, 9.17) is 0 Å². The Morgan fingerprint density at radius 3 is 2.33 bits per heavy atom. The van der Waals surface area contributed by atoms with Crippen molar-refractivity contribution < 1.29 is 5.11 Å². The van der Waals surface area contributed by atoms with E-state index in [-0.39, 0.29) is 11.5 Å². The summed E-state index contributed by atoms with van der Waals surface area (Å²) in [5, 5.41) is 10.6. The van der Waals surface area contributed by atoms with Crippen LogP contribution >= 0.6 is 23.5 Å². The molecule has 3 heteroatoms. The molecule has 0 amide bonds. The van der Waals surface area contributed by atoms with Crippen molar-refractivity contribution in [1.82, 2.24) is 0 Å². The lowest BCUT2D eigenvalue weighted by Gasteiger charge is -2.62. The first-order chi connectivity index (χ1) is 11.5. The summed E-state index contributed by atoms with van der Waals surface area (Å²) in [6.45, 7) is 5.10. The Morgan fingerprint density at radius 1 is 0.792 bits per heavy atom. The molecule has 0 aromatic rings. The lowest BCUT2D eigenvalue weighted by molar-refractivity contribution is -0.121. The molecule has 5 aliphatic rings. The van der Waals surface area contributed by atoms with Gasteiger partial charge in [-0.15, -0.1) is 23.5 Å². The van der Waals surface area contributed by atoms with Crippen molar-refractivity contribution in [2.75, 3.05) is 11.5 Å². The molecule has 1 nitrogen and oxygen atoms in total. The van der Waals surface area contributed by atoms with E-state index in [9.17, 15) is 5.11 Å². The highest BCUT2D eigenvalue weighted by Crippen LogP contribution is 2.69. The molecular formula is C21H34OS2. The molecule has 4 aliphatic carbocycles. The third-order valence-electron chi connectivity index (χ3n) is 9.43. The molecule has 0 bridgehead atoms. The molecule has 0 radical (unpaired) electrons. The van der Waals surface area contributed by atoms with Gasteiger partial charge in [-0.05, 0) is 92.3 Å². The smallest absolute Gasteiger partial charge is 0.0614 e. The molecule has 1 saturated heterocycles. The average Bonchev–Trinajstić information content (AvgIpc) is 3.14. The van der Waals surface area contributed by atoms with Crippen LogP contribution in [0, 0.1) is 34.5 Å². The van der Waals surface area contributed by atoms with Gasteiger partial charge in [0.25, 0.3) is 0 Å². The summed E-state index contributed by atoms with van der Waals surface area (Å²) in [6, 6.07) is 0. The summed E-state index contributed by atoms with van der Waals surface area (Å²) in [7, 11) is 0. The molecule has 5 rings (SSSR count). The Hall–Kier alpha value is 0.660. The summed E-state index contributed by atoms with van der Waals surface area (Å²) >= 11 is 4.59. The van der Waals surface area contributed by atoms with Crippen molar-refractivity contribution in [2.24, 2.45) is 34.5 Å². The van der Waals surface area contributed by atoms with Crippen molar-refractivity contribution in [2.45, 2.75) is 81.8 Å². The minimum Gasteiger partial charge on any atom is -0.393 e. The van der Waals surface area contributed by atoms with Crippen LogP contribution in [0.25, 0.3) is 0 Å². The first-order valence-corrected chi connectivity index (χ1v) is 12.4. The second kappa shape index (κ2) is 5.58. The molecule has 1 heterocycles. The van der Waals surface area contributed by atoms with Crippen molar-refractivity contribution in [3.63, 3.8) is 0 Å². The molecule has 7 atom stereocenters. The van der Waals surface area contributed by atoms with E-state index in [2.05, 4.69) is 37.4 Å². The first kappa shape index (κ1) is 16.8. The number of fused-ring (bicyclic) bond motifs is 5. The predicted molar refractivity (Wildman–Crippen MR) is 105 cm³/mol. The van der Waals surface area contributed by atoms with E-state index in [1.165, 1.54) is 62.9 Å². The van der Waals surface area contributed by atoms with Crippen LogP contribution in [0.2, 0.25) is 0 Å². The Balaban J connectivity index is 1.41. The van der Waals surface area contributed by atoms with Gasteiger partial charge in [0.15, 0.2) is 0 Å². The quantitative estimate of drug-likeness (QED) is 0.605. The summed E-state index contributed by atoms with van der Waals surface area (Å²) in [4.78, 5) is 0. The predicted octanol–water partition coefficient (Wildman–Crippen LogP) is 5.57. The zero-order chi connectivity index (χ0) is 16.6. The number of rotatable bonds is 0. The minimum atomic E-state index is -0.0186. The molecular weight excluding hydrogens is 332 g/mol. The topological polar surface area (TPSA) is 20.2 Å². The zero-order valence-electron chi connectivity index (χ0n) is 15.4. The van der Waals surface area contributed by atoms with Crippen molar-refractivity contribution in [3.8, 4) is 0 Å². The molecule has 1 aliphatic heterocycles. The van der Waals surface area contributed by atoms with Crippen molar-refractivity contribution >= 4 is 23.5 Å². The summed E-state index contributed by atoms with van der Waals surface area (Å²) in [5.41, 5.74) is 0.851. The van der Waals surface area contributed by atoms with E-state index in [1.807, 2.05) is 0 Å². The van der Waals surface area contributed by atoms with E-state index in [1.54, 1.807) is 0 Å². The lowest BCUT2D eigenvalue weighted by Crippen LogP contribution is -2.55. The van der Waals surface area contributed by atoms with Crippen LogP contribution in [0.15, 0.2) is 0 Å². The second-order valence-corrected chi connectivity index (χ2v) is 13.3. The zero-order valence-corrected chi connectivity index (χ0v) is 17.1. The molecule has 5 fully saturated rings. The molecule has 7 unspecified atom stereocenters. The number of hydrogen-bond donors (Lipinski definition) is 1. The first-order valence-electron chi connectivity index (χ1n) is 10.4. The number of aliphatic hydroxyl groups excluding tert-OH is 1. The van der Waals surface area contributed by atoms with Crippen LogP contribution in [0.3, 0.4) is 0 Å². The van der Waals surface area contributed by atoms with E-state index in [0.717, 1.165) is 30.1 Å². The van der Waals surface area contributed by atoms with Crippen molar-refractivity contribution in [1.29, 1.82) is 0 Å². The third-order valence-corrected chi connectivity index (χ3v) is 13.0. The summed E-state index contributed by atoms with van der Waals surface area (Å²) in [5.74, 6) is 6.43. The maximum absolute atomic E-state index is 10.6. The minimum absolute atomic E-state index is 0.0186. The van der Waals surface area contributed by atoms with Gasteiger partial charge in [0, 0.05) is 11.5 Å². The van der Waals surface area contributed by atoms with Crippen LogP contribution in [0.4, 0.5) is 0 Å². The van der Waals surface area contributed by atoms with Gasteiger partial charge in [-0.25, -0.2) is 0 Å². The average molecular weight is 367 g/mol. The SMILES string of the molecule is CC12CCC3C(CCC4CC5(CCC43C)SCCS5)C1CCC2O. The standard InChI is InChI=1S/C21H34OS2/c1-19-9-10-21(23-11-12-24-21)13-14(19)3-4-15-16-5-6-18(22)20(16,2)8-7-17(15)19/h14-18,22H,3-13H2,1-2H3. The van der Waals surface area contributed by atoms with Gasteiger partial charge >= 0.3 is 0 Å². The monoisotopic (exact) mass is 366 g/mol. The molecule has 0 aromatic carbocycles.